The molecule has 2 aromatic carbocycles. The van der Waals surface area contributed by atoms with Crippen molar-refractivity contribution in [2.45, 2.75) is 52.5 Å². The lowest BCUT2D eigenvalue weighted by Crippen LogP contribution is -2.39. The molecule has 0 aliphatic heterocycles. The molecule has 1 aliphatic carbocycles. The average Bonchev–Trinajstić information content (AvgIpc) is 3.02. The van der Waals surface area contributed by atoms with Crippen LogP contribution in [0.1, 0.15) is 52.0 Å². The molecule has 5 rings (SSSR count). The van der Waals surface area contributed by atoms with E-state index in [9.17, 15) is 14.9 Å². The molecule has 0 bridgehead atoms. The smallest absolute Gasteiger partial charge is 0.279 e. The number of aromatic nitrogens is 2. The fourth-order valence-corrected chi connectivity index (χ4v) is 6.09. The molecule has 1 aliphatic rings. The molecule has 6 heteroatoms. The Morgan fingerprint density at radius 1 is 1.00 bits per heavy atom. The molecule has 0 fully saturated rings. The molecule has 5 nitrogen and oxygen atoms in total. The molecule has 0 unspecified atom stereocenters. The minimum absolute atomic E-state index is 0.234. The van der Waals surface area contributed by atoms with Crippen LogP contribution in [0.3, 0.4) is 0 Å². The summed E-state index contributed by atoms with van der Waals surface area (Å²) in [6.07, 6.45) is 5.12. The van der Waals surface area contributed by atoms with Crippen LogP contribution in [0.15, 0.2) is 52.1 Å². The zero-order valence-electron chi connectivity index (χ0n) is 18.9. The molecule has 33 heavy (non-hydrogen) atoms. The van der Waals surface area contributed by atoms with Crippen LogP contribution < -0.4 is 11.2 Å². The Labute approximate surface area is 196 Å². The second kappa shape index (κ2) is 8.49. The van der Waals surface area contributed by atoms with Gasteiger partial charge in [-0.25, -0.2) is 9.36 Å². The zero-order valence-corrected chi connectivity index (χ0v) is 19.7. The Morgan fingerprint density at radius 3 is 2.58 bits per heavy atom. The minimum atomic E-state index is -0.361. The van der Waals surface area contributed by atoms with Crippen LogP contribution in [0.5, 0.6) is 0 Å². The topological polar surface area (TPSA) is 67.8 Å². The molecule has 0 saturated carbocycles. The van der Waals surface area contributed by atoms with Crippen molar-refractivity contribution in [3.8, 4) is 11.8 Å². The number of hydrogen-bond acceptors (Lipinski definition) is 4. The molecule has 4 aromatic rings. The number of thiophene rings is 1. The molecule has 0 N–H and O–H groups in total. The highest BCUT2D eigenvalue weighted by molar-refractivity contribution is 7.18. The number of benzene rings is 2. The van der Waals surface area contributed by atoms with Gasteiger partial charge in [0.15, 0.2) is 0 Å². The van der Waals surface area contributed by atoms with Gasteiger partial charge in [-0.15, -0.1) is 11.3 Å². The van der Waals surface area contributed by atoms with E-state index >= 15 is 0 Å². The van der Waals surface area contributed by atoms with Crippen molar-refractivity contribution in [2.75, 3.05) is 0 Å². The van der Waals surface area contributed by atoms with Gasteiger partial charge in [0, 0.05) is 4.88 Å². The van der Waals surface area contributed by atoms with Crippen LogP contribution in [0.25, 0.3) is 15.9 Å². The van der Waals surface area contributed by atoms with Gasteiger partial charge in [0.1, 0.15) is 4.83 Å². The Hall–Kier alpha value is -3.43. The summed E-state index contributed by atoms with van der Waals surface area (Å²) in [5.41, 5.74) is 4.56. The normalized spacial score (nSPS) is 13.5. The van der Waals surface area contributed by atoms with Crippen LogP contribution in [0.2, 0.25) is 0 Å². The molecule has 0 radical (unpaired) electrons. The molecule has 0 amide bonds. The Balaban J connectivity index is 1.85. The number of fused-ring (bicyclic) bond motifs is 3. The summed E-state index contributed by atoms with van der Waals surface area (Å²) in [6, 6.07) is 15.3. The molecule has 0 atom stereocenters. The Bertz CT molecular complexity index is 1550. The summed E-state index contributed by atoms with van der Waals surface area (Å²) in [5, 5.41) is 10.3. The lowest BCUT2D eigenvalue weighted by Gasteiger charge is -2.14. The molecular weight excluding hydrogens is 430 g/mol. The second-order valence-corrected chi connectivity index (χ2v) is 9.88. The van der Waals surface area contributed by atoms with Crippen LogP contribution >= 0.6 is 11.3 Å². The fourth-order valence-electron chi connectivity index (χ4n) is 4.71. The van der Waals surface area contributed by atoms with Gasteiger partial charge in [-0.1, -0.05) is 30.7 Å². The predicted molar refractivity (Wildman–Crippen MR) is 133 cm³/mol. The highest BCUT2D eigenvalue weighted by Crippen LogP contribution is 2.34. The summed E-state index contributed by atoms with van der Waals surface area (Å²) >= 11 is 1.58. The standard InChI is InChI=1S/C27H25N3O2S/c1-17-12-13-21(14-18(17)2)30-25(31)24-22-10-4-3-5-11-23(22)33-26(24)29(27(30)32)16-20-9-7-6-8-19(20)15-28/h6-9,12-14H,3-5,10-11,16H2,1-2H3. The van der Waals surface area contributed by atoms with Crippen LogP contribution in [0, 0.1) is 25.2 Å². The lowest BCUT2D eigenvalue weighted by atomic mass is 10.1. The fraction of sp³-hybridized carbons (Fsp3) is 0.296. The van der Waals surface area contributed by atoms with Gasteiger partial charge in [-0.3, -0.25) is 9.36 Å². The van der Waals surface area contributed by atoms with E-state index in [2.05, 4.69) is 6.07 Å². The van der Waals surface area contributed by atoms with Gasteiger partial charge < -0.3 is 0 Å². The predicted octanol–water partition coefficient (Wildman–Crippen LogP) is 5.02. The molecule has 2 aromatic heterocycles. The van der Waals surface area contributed by atoms with Crippen molar-refractivity contribution >= 4 is 21.6 Å². The third kappa shape index (κ3) is 3.63. The van der Waals surface area contributed by atoms with E-state index in [1.165, 1.54) is 9.44 Å². The second-order valence-electron chi connectivity index (χ2n) is 8.79. The van der Waals surface area contributed by atoms with E-state index in [-0.39, 0.29) is 17.8 Å². The highest BCUT2D eigenvalue weighted by Gasteiger charge is 2.24. The van der Waals surface area contributed by atoms with Crippen molar-refractivity contribution in [3.63, 3.8) is 0 Å². The van der Waals surface area contributed by atoms with E-state index in [1.807, 2.05) is 50.2 Å². The zero-order chi connectivity index (χ0) is 23.1. The van der Waals surface area contributed by atoms with E-state index in [1.54, 1.807) is 22.0 Å². The van der Waals surface area contributed by atoms with Gasteiger partial charge >= 0.3 is 5.69 Å². The lowest BCUT2D eigenvalue weighted by molar-refractivity contribution is 0.708. The Kier molecular flexibility index (Phi) is 5.51. The average molecular weight is 456 g/mol. The Morgan fingerprint density at radius 2 is 1.79 bits per heavy atom. The van der Waals surface area contributed by atoms with E-state index in [0.29, 0.717) is 16.6 Å². The van der Waals surface area contributed by atoms with E-state index in [4.69, 9.17) is 0 Å². The third-order valence-electron chi connectivity index (χ3n) is 6.70. The summed E-state index contributed by atoms with van der Waals surface area (Å²) in [6.45, 7) is 4.26. The first-order valence-corrected chi connectivity index (χ1v) is 12.2. The monoisotopic (exact) mass is 455 g/mol. The largest absolute Gasteiger partial charge is 0.337 e. The first-order valence-electron chi connectivity index (χ1n) is 11.4. The van der Waals surface area contributed by atoms with Crippen LogP contribution in [0.4, 0.5) is 0 Å². The number of rotatable bonds is 3. The maximum atomic E-state index is 13.8. The first-order chi connectivity index (χ1) is 16.0. The highest BCUT2D eigenvalue weighted by atomic mass is 32.1. The molecule has 0 spiro atoms. The first kappa shape index (κ1) is 21.4. The molecule has 2 heterocycles. The minimum Gasteiger partial charge on any atom is -0.279 e. The molecule has 0 saturated heterocycles. The summed E-state index contributed by atoms with van der Waals surface area (Å²) in [4.78, 5) is 29.6. The van der Waals surface area contributed by atoms with Crippen LogP contribution in [-0.2, 0) is 19.4 Å². The maximum absolute atomic E-state index is 13.8. The van der Waals surface area contributed by atoms with Crippen molar-refractivity contribution in [1.29, 1.82) is 5.26 Å². The van der Waals surface area contributed by atoms with Gasteiger partial charge in [0.05, 0.1) is 29.3 Å². The van der Waals surface area contributed by atoms with Crippen molar-refractivity contribution in [1.82, 2.24) is 9.13 Å². The van der Waals surface area contributed by atoms with Gasteiger partial charge in [-0.2, -0.15) is 5.26 Å². The van der Waals surface area contributed by atoms with Crippen LogP contribution in [-0.4, -0.2) is 9.13 Å². The number of nitrogens with zero attached hydrogens (tertiary/aromatic N) is 3. The SMILES string of the molecule is Cc1ccc(-n2c(=O)c3c4c(sc3n(Cc3ccccc3C#N)c2=O)CCCCC4)cc1C. The number of aryl methyl sites for hydroxylation is 4. The molecular formula is C27H25N3O2S. The van der Waals surface area contributed by atoms with Crippen molar-refractivity contribution < 1.29 is 0 Å². The summed E-state index contributed by atoms with van der Waals surface area (Å²) < 4.78 is 3.02. The van der Waals surface area contributed by atoms with Crippen molar-refractivity contribution in [2.24, 2.45) is 0 Å². The summed E-state index contributed by atoms with van der Waals surface area (Å²) in [7, 11) is 0. The van der Waals surface area contributed by atoms with Crippen molar-refractivity contribution in [3.05, 3.63) is 96.0 Å². The van der Waals surface area contributed by atoms with Gasteiger partial charge in [-0.05, 0) is 80.0 Å². The third-order valence-corrected chi connectivity index (χ3v) is 8.02. The maximum Gasteiger partial charge on any atom is 0.337 e. The summed E-state index contributed by atoms with van der Waals surface area (Å²) in [5.74, 6) is 0. The van der Waals surface area contributed by atoms with Gasteiger partial charge in [0.25, 0.3) is 5.56 Å². The van der Waals surface area contributed by atoms with E-state index < -0.39 is 0 Å². The number of hydrogen-bond donors (Lipinski definition) is 0. The van der Waals surface area contributed by atoms with Gasteiger partial charge in [0.2, 0.25) is 0 Å². The molecule has 166 valence electrons. The quantitative estimate of drug-likeness (QED) is 0.407. The van der Waals surface area contributed by atoms with E-state index in [0.717, 1.165) is 59.2 Å². The number of nitriles is 1.